The van der Waals surface area contributed by atoms with Gasteiger partial charge >= 0.3 is 12.2 Å². The smallest absolute Gasteiger partial charge is 0.433 e. The predicted molar refractivity (Wildman–Crippen MR) is 94.0 cm³/mol. The van der Waals surface area contributed by atoms with Crippen molar-refractivity contribution in [3.63, 3.8) is 0 Å². The van der Waals surface area contributed by atoms with Crippen LogP contribution >= 0.6 is 11.6 Å². The first kappa shape index (κ1) is 19.7. The molecule has 0 atom stereocenters. The third-order valence-electron chi connectivity index (χ3n) is 4.39. The fourth-order valence-electron chi connectivity index (χ4n) is 2.97. The van der Waals surface area contributed by atoms with Crippen LogP contribution in [-0.4, -0.2) is 41.2 Å². The lowest BCUT2D eigenvalue weighted by atomic mass is 10.1. The van der Waals surface area contributed by atoms with Gasteiger partial charge in [0.15, 0.2) is 5.69 Å². The Kier molecular flexibility index (Phi) is 6.06. The van der Waals surface area contributed by atoms with Gasteiger partial charge in [-0.3, -0.25) is 4.90 Å². The third-order valence-corrected chi connectivity index (χ3v) is 4.82. The van der Waals surface area contributed by atoms with Crippen molar-refractivity contribution in [3.8, 4) is 11.8 Å². The minimum absolute atomic E-state index is 0.217. The van der Waals surface area contributed by atoms with E-state index in [0.717, 1.165) is 30.9 Å². The molecule has 0 N–H and O–H groups in total. The number of aromatic nitrogens is 2. The van der Waals surface area contributed by atoms with Crippen molar-refractivity contribution in [1.82, 2.24) is 14.9 Å². The molecule has 0 amide bonds. The minimum Gasteiger partial charge on any atom is -0.495 e. The second-order valence-corrected chi connectivity index (χ2v) is 6.63. The normalized spacial score (nSPS) is 16.3. The maximum Gasteiger partial charge on any atom is 0.433 e. The average Bonchev–Trinajstić information content (AvgIpc) is 2.64. The molecule has 3 rings (SSSR count). The van der Waals surface area contributed by atoms with Gasteiger partial charge in [0.25, 0.3) is 0 Å². The number of hydrogen-bond donors (Lipinski definition) is 0. The van der Waals surface area contributed by atoms with Crippen LogP contribution < -0.4 is 9.47 Å². The standard InChI is InChI=1S/C18H19ClF3N3O2/c1-26-14-4-2-3-12(16(14)19)11-25-9-6-13(7-10-25)27-17-23-8-5-15(24-17)18(20,21)22/h2-5,8,13H,6-7,9-11H2,1H3. The summed E-state index contributed by atoms with van der Waals surface area (Å²) in [7, 11) is 1.57. The molecular formula is C18H19ClF3N3O2. The molecule has 27 heavy (non-hydrogen) atoms. The predicted octanol–water partition coefficient (Wildman–Crippen LogP) is 4.20. The Morgan fingerprint density at radius 1 is 1.22 bits per heavy atom. The zero-order valence-corrected chi connectivity index (χ0v) is 15.4. The van der Waals surface area contributed by atoms with Crippen molar-refractivity contribution >= 4 is 11.6 Å². The molecule has 2 heterocycles. The number of methoxy groups -OCH3 is 1. The van der Waals surface area contributed by atoms with Crippen LogP contribution in [0.15, 0.2) is 30.5 Å². The lowest BCUT2D eigenvalue weighted by Crippen LogP contribution is -2.38. The van der Waals surface area contributed by atoms with Crippen LogP contribution in [0.4, 0.5) is 13.2 Å². The molecule has 2 aromatic rings. The van der Waals surface area contributed by atoms with E-state index < -0.39 is 11.9 Å². The summed E-state index contributed by atoms with van der Waals surface area (Å²) in [5.74, 6) is 0.633. The summed E-state index contributed by atoms with van der Waals surface area (Å²) >= 11 is 6.33. The topological polar surface area (TPSA) is 47.5 Å². The fraction of sp³-hybridized carbons (Fsp3) is 0.444. The second kappa shape index (κ2) is 8.31. The fourth-order valence-corrected chi connectivity index (χ4v) is 3.23. The molecule has 1 aromatic carbocycles. The van der Waals surface area contributed by atoms with Crippen LogP contribution in [0.5, 0.6) is 11.8 Å². The number of rotatable bonds is 5. The van der Waals surface area contributed by atoms with Crippen LogP contribution in [-0.2, 0) is 12.7 Å². The summed E-state index contributed by atoms with van der Waals surface area (Å²) in [6.45, 7) is 2.14. The molecule has 1 aromatic heterocycles. The van der Waals surface area contributed by atoms with Gasteiger partial charge in [-0.1, -0.05) is 23.7 Å². The zero-order chi connectivity index (χ0) is 19.4. The van der Waals surface area contributed by atoms with Crippen LogP contribution in [0, 0.1) is 0 Å². The lowest BCUT2D eigenvalue weighted by Gasteiger charge is -2.31. The Bertz CT molecular complexity index is 781. The monoisotopic (exact) mass is 401 g/mol. The van der Waals surface area contributed by atoms with Crippen molar-refractivity contribution < 1.29 is 22.6 Å². The van der Waals surface area contributed by atoms with E-state index in [-0.39, 0.29) is 12.1 Å². The molecule has 0 unspecified atom stereocenters. The quantitative estimate of drug-likeness (QED) is 0.751. The van der Waals surface area contributed by atoms with Crippen LogP contribution in [0.2, 0.25) is 5.02 Å². The van der Waals surface area contributed by atoms with Gasteiger partial charge in [-0.2, -0.15) is 18.2 Å². The number of likely N-dealkylation sites (tertiary alicyclic amines) is 1. The highest BCUT2D eigenvalue weighted by atomic mass is 35.5. The summed E-state index contributed by atoms with van der Waals surface area (Å²) in [4.78, 5) is 9.45. The Morgan fingerprint density at radius 3 is 2.63 bits per heavy atom. The van der Waals surface area contributed by atoms with Crippen molar-refractivity contribution in [2.24, 2.45) is 0 Å². The highest BCUT2D eigenvalue weighted by Crippen LogP contribution is 2.30. The van der Waals surface area contributed by atoms with Gasteiger partial charge in [0.05, 0.1) is 12.1 Å². The highest BCUT2D eigenvalue weighted by molar-refractivity contribution is 6.32. The Morgan fingerprint density at radius 2 is 1.96 bits per heavy atom. The van der Waals surface area contributed by atoms with Crippen molar-refractivity contribution in [1.29, 1.82) is 0 Å². The average molecular weight is 402 g/mol. The number of ether oxygens (including phenoxy) is 2. The third kappa shape index (κ3) is 5.01. The molecule has 9 heteroatoms. The van der Waals surface area contributed by atoms with Gasteiger partial charge in [-0.15, -0.1) is 0 Å². The van der Waals surface area contributed by atoms with E-state index in [9.17, 15) is 13.2 Å². The molecule has 1 fully saturated rings. The molecule has 1 aliphatic rings. The maximum absolute atomic E-state index is 12.7. The van der Waals surface area contributed by atoms with E-state index in [1.807, 2.05) is 12.1 Å². The first-order chi connectivity index (χ1) is 12.9. The summed E-state index contributed by atoms with van der Waals surface area (Å²) < 4.78 is 48.9. The molecule has 5 nitrogen and oxygen atoms in total. The number of nitrogens with zero attached hydrogens (tertiary/aromatic N) is 3. The summed E-state index contributed by atoms with van der Waals surface area (Å²) in [6, 6.07) is 6.23. The molecule has 1 aliphatic heterocycles. The van der Waals surface area contributed by atoms with E-state index in [1.54, 1.807) is 13.2 Å². The number of halogens is 4. The van der Waals surface area contributed by atoms with Crippen molar-refractivity contribution in [2.75, 3.05) is 20.2 Å². The molecule has 0 spiro atoms. The molecule has 0 bridgehead atoms. The van der Waals surface area contributed by atoms with Crippen LogP contribution in [0.1, 0.15) is 24.1 Å². The Hall–Kier alpha value is -2.06. The summed E-state index contributed by atoms with van der Waals surface area (Å²) in [6.07, 6.45) is -2.33. The highest BCUT2D eigenvalue weighted by Gasteiger charge is 2.33. The van der Waals surface area contributed by atoms with Crippen LogP contribution in [0.25, 0.3) is 0 Å². The van der Waals surface area contributed by atoms with Crippen molar-refractivity contribution in [2.45, 2.75) is 31.7 Å². The van der Waals surface area contributed by atoms with E-state index >= 15 is 0 Å². The molecule has 146 valence electrons. The van der Waals surface area contributed by atoms with Crippen molar-refractivity contribution in [3.05, 3.63) is 46.7 Å². The number of benzene rings is 1. The molecule has 0 radical (unpaired) electrons. The molecule has 0 aliphatic carbocycles. The van der Waals surface area contributed by atoms with Gasteiger partial charge < -0.3 is 9.47 Å². The van der Waals surface area contributed by atoms with E-state index in [1.165, 1.54) is 0 Å². The first-order valence-electron chi connectivity index (χ1n) is 8.47. The zero-order valence-electron chi connectivity index (χ0n) is 14.7. The van der Waals surface area contributed by atoms with Gasteiger partial charge in [0, 0.05) is 25.8 Å². The number of piperidine rings is 1. The van der Waals surface area contributed by atoms with E-state index in [0.29, 0.717) is 30.2 Å². The first-order valence-corrected chi connectivity index (χ1v) is 8.85. The Labute approximate surface area is 160 Å². The van der Waals surface area contributed by atoms with Gasteiger partial charge in [-0.25, -0.2) is 4.98 Å². The van der Waals surface area contributed by atoms with E-state index in [4.69, 9.17) is 21.1 Å². The van der Waals surface area contributed by atoms with Gasteiger partial charge in [0.2, 0.25) is 0 Å². The molecular weight excluding hydrogens is 383 g/mol. The maximum atomic E-state index is 12.7. The summed E-state index contributed by atoms with van der Waals surface area (Å²) in [5, 5.41) is 0.593. The Balaban J connectivity index is 1.55. The SMILES string of the molecule is COc1cccc(CN2CCC(Oc3nccc(C(F)(F)F)n3)CC2)c1Cl. The van der Waals surface area contributed by atoms with Gasteiger partial charge in [-0.05, 0) is 30.5 Å². The second-order valence-electron chi connectivity index (χ2n) is 6.25. The van der Waals surface area contributed by atoms with Crippen LogP contribution in [0.3, 0.4) is 0 Å². The molecule has 1 saturated heterocycles. The largest absolute Gasteiger partial charge is 0.495 e. The van der Waals surface area contributed by atoms with E-state index in [2.05, 4.69) is 14.9 Å². The number of hydrogen-bond acceptors (Lipinski definition) is 5. The number of alkyl halides is 3. The minimum atomic E-state index is -4.51. The lowest BCUT2D eigenvalue weighted by molar-refractivity contribution is -0.141. The molecule has 0 saturated carbocycles. The summed E-state index contributed by atoms with van der Waals surface area (Å²) in [5.41, 5.74) is -0.0331. The van der Waals surface area contributed by atoms with Gasteiger partial charge in [0.1, 0.15) is 11.9 Å².